The van der Waals surface area contributed by atoms with E-state index in [0.717, 1.165) is 38.5 Å². The van der Waals surface area contributed by atoms with Crippen molar-refractivity contribution in [3.8, 4) is 0 Å². The Labute approximate surface area is 125 Å². The number of ether oxygens (including phenoxy) is 1. The van der Waals surface area contributed by atoms with E-state index in [1.165, 1.54) is 18.2 Å². The van der Waals surface area contributed by atoms with Crippen molar-refractivity contribution in [2.24, 2.45) is 0 Å². The second kappa shape index (κ2) is 7.32. The van der Waals surface area contributed by atoms with Crippen LogP contribution in [0.5, 0.6) is 0 Å². The van der Waals surface area contributed by atoms with Gasteiger partial charge in [0.1, 0.15) is 11.6 Å². The quantitative estimate of drug-likeness (QED) is 0.842. The molecule has 1 saturated carbocycles. The van der Waals surface area contributed by atoms with Crippen LogP contribution in [-0.2, 0) is 4.74 Å². The summed E-state index contributed by atoms with van der Waals surface area (Å²) in [6.45, 7) is 2.76. The molecule has 1 aromatic rings. The monoisotopic (exact) mass is 297 g/mol. The molecule has 0 radical (unpaired) electrons. The standard InChI is InChI=1S/C17H25F2NO/c1-3-12-20-16(15-13(18)8-7-9-14(15)19)17(21-2)10-5-4-6-11-17/h7-9,16,20H,3-6,10-12H2,1-2H3. The first-order valence-electron chi connectivity index (χ1n) is 7.87. The van der Waals surface area contributed by atoms with E-state index in [2.05, 4.69) is 5.32 Å². The third-order valence-electron chi connectivity index (χ3n) is 4.52. The van der Waals surface area contributed by atoms with Crippen molar-refractivity contribution < 1.29 is 13.5 Å². The minimum atomic E-state index is -0.517. The number of hydrogen-bond donors (Lipinski definition) is 1. The molecule has 0 aliphatic heterocycles. The van der Waals surface area contributed by atoms with Crippen molar-refractivity contribution in [2.75, 3.05) is 13.7 Å². The van der Waals surface area contributed by atoms with Crippen LogP contribution in [0.4, 0.5) is 8.78 Å². The van der Waals surface area contributed by atoms with E-state index in [4.69, 9.17) is 4.74 Å². The van der Waals surface area contributed by atoms with E-state index >= 15 is 0 Å². The predicted molar refractivity (Wildman–Crippen MR) is 80.2 cm³/mol. The zero-order valence-corrected chi connectivity index (χ0v) is 12.9. The van der Waals surface area contributed by atoms with Crippen LogP contribution in [-0.4, -0.2) is 19.3 Å². The molecule has 0 bridgehead atoms. The average Bonchev–Trinajstić information content (AvgIpc) is 2.51. The van der Waals surface area contributed by atoms with Crippen LogP contribution in [0.25, 0.3) is 0 Å². The zero-order valence-electron chi connectivity index (χ0n) is 12.9. The van der Waals surface area contributed by atoms with Gasteiger partial charge in [-0.1, -0.05) is 32.3 Å². The minimum Gasteiger partial charge on any atom is -0.376 e. The lowest BCUT2D eigenvalue weighted by Gasteiger charge is -2.43. The molecule has 0 saturated heterocycles. The van der Waals surface area contributed by atoms with Gasteiger partial charge in [0.25, 0.3) is 0 Å². The molecule has 1 fully saturated rings. The largest absolute Gasteiger partial charge is 0.376 e. The molecular weight excluding hydrogens is 272 g/mol. The van der Waals surface area contributed by atoms with Gasteiger partial charge < -0.3 is 10.1 Å². The molecule has 2 rings (SSSR count). The number of halogens is 2. The van der Waals surface area contributed by atoms with Crippen molar-refractivity contribution in [1.29, 1.82) is 0 Å². The average molecular weight is 297 g/mol. The Kier molecular flexibility index (Phi) is 5.71. The van der Waals surface area contributed by atoms with E-state index in [-0.39, 0.29) is 5.56 Å². The number of methoxy groups -OCH3 is 1. The zero-order chi connectivity index (χ0) is 15.3. The highest BCUT2D eigenvalue weighted by Gasteiger charge is 2.42. The summed E-state index contributed by atoms with van der Waals surface area (Å²) in [5.41, 5.74) is -0.397. The summed E-state index contributed by atoms with van der Waals surface area (Å²) in [5.74, 6) is -0.990. The summed E-state index contributed by atoms with van der Waals surface area (Å²) in [6.07, 6.45) is 5.80. The van der Waals surface area contributed by atoms with E-state index in [1.54, 1.807) is 7.11 Å². The predicted octanol–water partition coefficient (Wildman–Crippen LogP) is 4.35. The highest BCUT2D eigenvalue weighted by Crippen LogP contribution is 2.42. The third kappa shape index (κ3) is 3.43. The van der Waals surface area contributed by atoms with Gasteiger partial charge in [0.15, 0.2) is 0 Å². The van der Waals surface area contributed by atoms with E-state index in [1.807, 2.05) is 6.92 Å². The van der Waals surface area contributed by atoms with Gasteiger partial charge in [-0.05, 0) is 37.9 Å². The Morgan fingerprint density at radius 2 is 1.81 bits per heavy atom. The van der Waals surface area contributed by atoms with Crippen molar-refractivity contribution in [3.63, 3.8) is 0 Å². The molecule has 21 heavy (non-hydrogen) atoms. The fraction of sp³-hybridized carbons (Fsp3) is 0.647. The normalized spacial score (nSPS) is 19.4. The smallest absolute Gasteiger partial charge is 0.131 e. The molecule has 2 nitrogen and oxygen atoms in total. The van der Waals surface area contributed by atoms with Crippen LogP contribution < -0.4 is 5.32 Å². The maximum Gasteiger partial charge on any atom is 0.131 e. The molecule has 1 aromatic carbocycles. The van der Waals surface area contributed by atoms with Crippen LogP contribution >= 0.6 is 0 Å². The molecule has 0 aromatic heterocycles. The number of benzene rings is 1. The summed E-state index contributed by atoms with van der Waals surface area (Å²) in [6, 6.07) is 3.62. The molecule has 1 atom stereocenters. The Balaban J connectivity index is 2.41. The third-order valence-corrected chi connectivity index (χ3v) is 4.52. The molecule has 0 spiro atoms. The molecule has 4 heteroatoms. The van der Waals surface area contributed by atoms with Crippen molar-refractivity contribution >= 4 is 0 Å². The van der Waals surface area contributed by atoms with E-state index in [0.29, 0.717) is 6.54 Å². The van der Waals surface area contributed by atoms with Gasteiger partial charge in [0, 0.05) is 12.7 Å². The lowest BCUT2D eigenvalue weighted by Crippen LogP contribution is -2.48. The van der Waals surface area contributed by atoms with Crippen LogP contribution in [0.3, 0.4) is 0 Å². The topological polar surface area (TPSA) is 21.3 Å². The van der Waals surface area contributed by atoms with E-state index in [9.17, 15) is 8.78 Å². The van der Waals surface area contributed by atoms with Gasteiger partial charge in [-0.25, -0.2) is 8.78 Å². The SMILES string of the molecule is CCCNC(c1c(F)cccc1F)C1(OC)CCCCC1. The first kappa shape index (κ1) is 16.4. The minimum absolute atomic E-state index is 0.120. The molecule has 0 heterocycles. The first-order valence-corrected chi connectivity index (χ1v) is 7.87. The summed E-state index contributed by atoms with van der Waals surface area (Å²) < 4.78 is 34.3. The van der Waals surface area contributed by atoms with Gasteiger partial charge in [0.2, 0.25) is 0 Å². The van der Waals surface area contributed by atoms with Crippen LogP contribution in [0, 0.1) is 11.6 Å². The van der Waals surface area contributed by atoms with Gasteiger partial charge in [0.05, 0.1) is 11.6 Å². The summed E-state index contributed by atoms with van der Waals surface area (Å²) in [5, 5.41) is 3.32. The molecule has 1 aliphatic rings. The fourth-order valence-corrected chi connectivity index (χ4v) is 3.39. The molecule has 1 aliphatic carbocycles. The Morgan fingerprint density at radius 1 is 1.19 bits per heavy atom. The molecule has 118 valence electrons. The molecule has 0 amide bonds. The van der Waals surface area contributed by atoms with Crippen molar-refractivity contribution in [2.45, 2.75) is 57.1 Å². The summed E-state index contributed by atoms with van der Waals surface area (Å²) in [7, 11) is 1.66. The van der Waals surface area contributed by atoms with Gasteiger partial charge in [-0.2, -0.15) is 0 Å². The molecule has 1 unspecified atom stereocenters. The summed E-state index contributed by atoms with van der Waals surface area (Å²) >= 11 is 0. The number of nitrogens with one attached hydrogen (secondary N) is 1. The Morgan fingerprint density at radius 3 is 2.33 bits per heavy atom. The van der Waals surface area contributed by atoms with Crippen LogP contribution in [0.1, 0.15) is 57.1 Å². The Bertz CT molecular complexity index is 438. The van der Waals surface area contributed by atoms with Gasteiger partial charge in [-0.3, -0.25) is 0 Å². The maximum absolute atomic E-state index is 14.3. The lowest BCUT2D eigenvalue weighted by atomic mass is 9.76. The van der Waals surface area contributed by atoms with Crippen molar-refractivity contribution in [3.05, 3.63) is 35.4 Å². The number of rotatable bonds is 6. The first-order chi connectivity index (χ1) is 10.1. The lowest BCUT2D eigenvalue weighted by molar-refractivity contribution is -0.0702. The van der Waals surface area contributed by atoms with E-state index < -0.39 is 23.3 Å². The van der Waals surface area contributed by atoms with Crippen LogP contribution in [0.2, 0.25) is 0 Å². The maximum atomic E-state index is 14.3. The van der Waals surface area contributed by atoms with Crippen LogP contribution in [0.15, 0.2) is 18.2 Å². The highest BCUT2D eigenvalue weighted by atomic mass is 19.1. The molecule has 1 N–H and O–H groups in total. The Hall–Kier alpha value is -1.00. The summed E-state index contributed by atoms with van der Waals surface area (Å²) in [4.78, 5) is 0. The fourth-order valence-electron chi connectivity index (χ4n) is 3.39. The second-order valence-electron chi connectivity index (χ2n) is 5.85. The van der Waals surface area contributed by atoms with Crippen molar-refractivity contribution in [1.82, 2.24) is 5.32 Å². The van der Waals surface area contributed by atoms with Gasteiger partial charge >= 0.3 is 0 Å². The second-order valence-corrected chi connectivity index (χ2v) is 5.85. The molecular formula is C17H25F2NO. The highest BCUT2D eigenvalue weighted by molar-refractivity contribution is 5.26. The number of hydrogen-bond acceptors (Lipinski definition) is 2. The van der Waals surface area contributed by atoms with Gasteiger partial charge in [-0.15, -0.1) is 0 Å².